The van der Waals surface area contributed by atoms with Crippen molar-refractivity contribution in [2.45, 2.75) is 13.0 Å². The SMILES string of the molecule is C[C@@H](c1ccc(Cl)cc1)N(C)C(=O)c1cc2ccccc2oc1=O. The van der Waals surface area contributed by atoms with Gasteiger partial charge in [-0.25, -0.2) is 4.79 Å². The van der Waals surface area contributed by atoms with Crippen molar-refractivity contribution >= 4 is 28.5 Å². The lowest BCUT2D eigenvalue weighted by atomic mass is 10.1. The molecule has 0 N–H and O–H groups in total. The number of amides is 1. The first-order valence-electron chi connectivity index (χ1n) is 7.53. The van der Waals surface area contributed by atoms with E-state index in [9.17, 15) is 9.59 Å². The summed E-state index contributed by atoms with van der Waals surface area (Å²) in [6.45, 7) is 1.89. The molecule has 1 heterocycles. The zero-order valence-electron chi connectivity index (χ0n) is 13.3. The van der Waals surface area contributed by atoms with Crippen LogP contribution in [0.2, 0.25) is 5.02 Å². The maximum absolute atomic E-state index is 12.7. The number of halogens is 1. The summed E-state index contributed by atoms with van der Waals surface area (Å²) in [5.74, 6) is -0.378. The topological polar surface area (TPSA) is 50.5 Å². The molecule has 0 unspecified atom stereocenters. The molecule has 0 aliphatic carbocycles. The van der Waals surface area contributed by atoms with Gasteiger partial charge in [-0.15, -0.1) is 0 Å². The van der Waals surface area contributed by atoms with Crippen LogP contribution in [0.5, 0.6) is 0 Å². The van der Waals surface area contributed by atoms with E-state index in [1.54, 1.807) is 43.4 Å². The summed E-state index contributed by atoms with van der Waals surface area (Å²) in [4.78, 5) is 26.4. The van der Waals surface area contributed by atoms with E-state index in [0.717, 1.165) is 5.56 Å². The zero-order valence-corrected chi connectivity index (χ0v) is 14.1. The highest BCUT2D eigenvalue weighted by molar-refractivity contribution is 6.30. The maximum atomic E-state index is 12.7. The Morgan fingerprint density at radius 1 is 1.12 bits per heavy atom. The van der Waals surface area contributed by atoms with E-state index in [2.05, 4.69) is 0 Å². The Labute approximate surface area is 144 Å². The van der Waals surface area contributed by atoms with Crippen LogP contribution >= 0.6 is 11.6 Å². The van der Waals surface area contributed by atoms with E-state index in [0.29, 0.717) is 16.0 Å². The molecule has 0 aliphatic heterocycles. The molecule has 5 heteroatoms. The number of benzene rings is 2. The maximum Gasteiger partial charge on any atom is 0.349 e. The highest BCUT2D eigenvalue weighted by Crippen LogP contribution is 2.22. The molecular weight excluding hydrogens is 326 g/mol. The van der Waals surface area contributed by atoms with Gasteiger partial charge >= 0.3 is 5.63 Å². The summed E-state index contributed by atoms with van der Waals surface area (Å²) in [7, 11) is 1.66. The Balaban J connectivity index is 1.94. The normalized spacial score (nSPS) is 12.1. The minimum absolute atomic E-state index is 0.0250. The van der Waals surface area contributed by atoms with Crippen molar-refractivity contribution in [3.05, 3.63) is 81.2 Å². The van der Waals surface area contributed by atoms with Crippen LogP contribution in [0, 0.1) is 0 Å². The van der Waals surface area contributed by atoms with Gasteiger partial charge in [0.2, 0.25) is 0 Å². The number of hydrogen-bond donors (Lipinski definition) is 0. The number of nitrogens with zero attached hydrogens (tertiary/aromatic N) is 1. The summed E-state index contributed by atoms with van der Waals surface area (Å²) >= 11 is 5.90. The quantitative estimate of drug-likeness (QED) is 0.668. The third kappa shape index (κ3) is 3.05. The van der Waals surface area contributed by atoms with Gasteiger partial charge in [-0.05, 0) is 36.8 Å². The molecule has 0 saturated heterocycles. The minimum atomic E-state index is -0.631. The molecule has 0 radical (unpaired) electrons. The summed E-state index contributed by atoms with van der Waals surface area (Å²) in [6, 6.07) is 15.8. The van der Waals surface area contributed by atoms with Crippen LogP contribution in [-0.4, -0.2) is 17.9 Å². The number of hydrogen-bond acceptors (Lipinski definition) is 3. The molecule has 0 fully saturated rings. The van der Waals surface area contributed by atoms with Gasteiger partial charge in [0.1, 0.15) is 11.1 Å². The van der Waals surface area contributed by atoms with Crippen LogP contribution < -0.4 is 5.63 Å². The van der Waals surface area contributed by atoms with Crippen molar-refractivity contribution in [3.63, 3.8) is 0 Å². The predicted molar refractivity (Wildman–Crippen MR) is 94.4 cm³/mol. The van der Waals surface area contributed by atoms with Crippen LogP contribution in [0.25, 0.3) is 11.0 Å². The molecule has 1 amide bonds. The van der Waals surface area contributed by atoms with E-state index in [-0.39, 0.29) is 17.5 Å². The van der Waals surface area contributed by atoms with E-state index in [1.807, 2.05) is 25.1 Å². The molecule has 0 aliphatic rings. The minimum Gasteiger partial charge on any atom is -0.422 e. The predicted octanol–water partition coefficient (Wildman–Crippen LogP) is 4.28. The first kappa shape index (κ1) is 16.3. The van der Waals surface area contributed by atoms with Crippen LogP contribution in [0.4, 0.5) is 0 Å². The Bertz CT molecular complexity index is 947. The number of carbonyl (C=O) groups is 1. The number of fused-ring (bicyclic) bond motifs is 1. The molecule has 4 nitrogen and oxygen atoms in total. The second-order valence-electron chi connectivity index (χ2n) is 5.63. The van der Waals surface area contributed by atoms with Gasteiger partial charge in [-0.2, -0.15) is 0 Å². The smallest absolute Gasteiger partial charge is 0.349 e. The fourth-order valence-corrected chi connectivity index (χ4v) is 2.67. The second-order valence-corrected chi connectivity index (χ2v) is 6.07. The number of rotatable bonds is 3. The van der Waals surface area contributed by atoms with E-state index < -0.39 is 5.63 Å². The van der Waals surface area contributed by atoms with E-state index in [4.69, 9.17) is 16.0 Å². The zero-order chi connectivity index (χ0) is 17.3. The van der Waals surface area contributed by atoms with Gasteiger partial charge in [-0.1, -0.05) is 41.9 Å². The van der Waals surface area contributed by atoms with Gasteiger partial charge < -0.3 is 9.32 Å². The van der Waals surface area contributed by atoms with E-state index >= 15 is 0 Å². The molecular formula is C19H16ClNO3. The van der Waals surface area contributed by atoms with Crippen LogP contribution in [0.1, 0.15) is 28.9 Å². The van der Waals surface area contributed by atoms with Crippen molar-refractivity contribution in [3.8, 4) is 0 Å². The van der Waals surface area contributed by atoms with Crippen molar-refractivity contribution in [1.82, 2.24) is 4.90 Å². The Kier molecular flexibility index (Phi) is 4.40. The van der Waals surface area contributed by atoms with Crippen LogP contribution in [-0.2, 0) is 0 Å². The molecule has 2 aromatic carbocycles. The fraction of sp³-hybridized carbons (Fsp3) is 0.158. The van der Waals surface area contributed by atoms with Crippen molar-refractivity contribution in [2.75, 3.05) is 7.05 Å². The van der Waals surface area contributed by atoms with Gasteiger partial charge in [0.15, 0.2) is 0 Å². The first-order valence-corrected chi connectivity index (χ1v) is 7.90. The molecule has 24 heavy (non-hydrogen) atoms. The lowest BCUT2D eigenvalue weighted by Crippen LogP contribution is -2.32. The standard InChI is InChI=1S/C19H16ClNO3/c1-12(13-7-9-15(20)10-8-13)21(2)18(22)16-11-14-5-3-4-6-17(14)24-19(16)23/h3-12H,1-2H3/t12-/m0/s1. The van der Waals surface area contributed by atoms with Gasteiger partial charge in [0.25, 0.3) is 5.91 Å². The van der Waals surface area contributed by atoms with Gasteiger partial charge in [0, 0.05) is 17.5 Å². The highest BCUT2D eigenvalue weighted by Gasteiger charge is 2.22. The monoisotopic (exact) mass is 341 g/mol. The third-order valence-corrected chi connectivity index (χ3v) is 4.38. The van der Waals surface area contributed by atoms with Crippen molar-refractivity contribution in [1.29, 1.82) is 0 Å². The van der Waals surface area contributed by atoms with Crippen LogP contribution in [0.3, 0.4) is 0 Å². The number of para-hydroxylation sites is 1. The van der Waals surface area contributed by atoms with Crippen molar-refractivity contribution in [2.24, 2.45) is 0 Å². The molecule has 3 rings (SSSR count). The molecule has 122 valence electrons. The Morgan fingerprint density at radius 3 is 2.50 bits per heavy atom. The molecule has 1 atom stereocenters. The summed E-state index contributed by atoms with van der Waals surface area (Å²) in [6.07, 6.45) is 0. The molecule has 3 aromatic rings. The Hall–Kier alpha value is -2.59. The highest BCUT2D eigenvalue weighted by atomic mass is 35.5. The lowest BCUT2D eigenvalue weighted by molar-refractivity contribution is 0.0738. The fourth-order valence-electron chi connectivity index (χ4n) is 2.54. The molecule has 1 aromatic heterocycles. The average molecular weight is 342 g/mol. The van der Waals surface area contributed by atoms with Gasteiger partial charge in [0.05, 0.1) is 6.04 Å². The Morgan fingerprint density at radius 2 is 1.79 bits per heavy atom. The van der Waals surface area contributed by atoms with Gasteiger partial charge in [-0.3, -0.25) is 4.79 Å². The first-order chi connectivity index (χ1) is 11.5. The lowest BCUT2D eigenvalue weighted by Gasteiger charge is -2.25. The number of carbonyl (C=O) groups excluding carboxylic acids is 1. The average Bonchev–Trinajstić information content (AvgIpc) is 2.60. The molecule has 0 bridgehead atoms. The summed E-state index contributed by atoms with van der Waals surface area (Å²) < 4.78 is 5.24. The van der Waals surface area contributed by atoms with Crippen molar-refractivity contribution < 1.29 is 9.21 Å². The summed E-state index contributed by atoms with van der Waals surface area (Å²) in [5, 5.41) is 1.35. The molecule has 0 spiro atoms. The largest absolute Gasteiger partial charge is 0.422 e. The third-order valence-electron chi connectivity index (χ3n) is 4.13. The van der Waals surface area contributed by atoms with Crippen LogP contribution in [0.15, 0.2) is 63.8 Å². The van der Waals surface area contributed by atoms with E-state index in [1.165, 1.54) is 4.90 Å². The second kappa shape index (κ2) is 6.49. The molecule has 0 saturated carbocycles. The summed E-state index contributed by atoms with van der Waals surface area (Å²) in [5.41, 5.74) is 0.791.